The molecule has 212 valence electrons. The third-order valence-corrected chi connectivity index (χ3v) is 8.07. The van der Waals surface area contributed by atoms with E-state index in [1.165, 1.54) is 5.56 Å². The summed E-state index contributed by atoms with van der Waals surface area (Å²) in [5, 5.41) is 6.95. The Bertz CT molecular complexity index is 2170. The van der Waals surface area contributed by atoms with Gasteiger partial charge in [0.25, 0.3) is 0 Å². The van der Waals surface area contributed by atoms with Crippen LogP contribution in [0.4, 0.5) is 0 Å². The average molecular weight is 564 g/mol. The second-order valence-corrected chi connectivity index (χ2v) is 12.0. The molecular formula is C38H34N4O. The van der Waals surface area contributed by atoms with Crippen LogP contribution in [0.1, 0.15) is 39.1 Å². The molecule has 0 saturated carbocycles. The van der Waals surface area contributed by atoms with E-state index in [1.54, 1.807) is 0 Å². The lowest BCUT2D eigenvalue weighted by atomic mass is 9.88. The molecular weight excluding hydrogens is 528 g/mol. The Hall–Kier alpha value is -5.16. The van der Waals surface area contributed by atoms with Gasteiger partial charge >= 0.3 is 0 Å². The van der Waals surface area contributed by atoms with Gasteiger partial charge < -0.3 is 4.74 Å². The van der Waals surface area contributed by atoms with Crippen molar-refractivity contribution in [3.8, 4) is 34.1 Å². The maximum absolute atomic E-state index is 8.29. The molecule has 0 aliphatic heterocycles. The second-order valence-electron chi connectivity index (χ2n) is 12.0. The number of pyridine rings is 1. The van der Waals surface area contributed by atoms with E-state index in [4.69, 9.17) is 16.2 Å². The quantitative estimate of drug-likeness (QED) is 0.209. The highest BCUT2D eigenvalue weighted by molar-refractivity contribution is 6.09. The highest BCUT2D eigenvalue weighted by Gasteiger charge is 2.19. The number of hydrogen-bond donors (Lipinski definition) is 0. The summed E-state index contributed by atoms with van der Waals surface area (Å²) in [5.41, 5.74) is 8.48. The van der Waals surface area contributed by atoms with E-state index in [0.717, 1.165) is 67.3 Å². The number of para-hydroxylation sites is 1. The smallest absolute Gasteiger partial charge is 0.137 e. The van der Waals surface area contributed by atoms with Crippen LogP contribution in [0.25, 0.3) is 44.4 Å². The third-order valence-electron chi connectivity index (χ3n) is 8.07. The second kappa shape index (κ2) is 10.3. The third kappa shape index (κ3) is 4.77. The lowest BCUT2D eigenvalue weighted by molar-refractivity contribution is 0.482. The van der Waals surface area contributed by atoms with Gasteiger partial charge in [-0.25, -0.2) is 9.67 Å². The Balaban J connectivity index is 1.30. The van der Waals surface area contributed by atoms with E-state index in [9.17, 15) is 0 Å². The molecule has 0 aliphatic carbocycles. The first-order chi connectivity index (χ1) is 21.2. The summed E-state index contributed by atoms with van der Waals surface area (Å²) in [5.74, 6) is 2.28. The molecule has 0 unspecified atom stereocenters. The normalized spacial score (nSPS) is 12.2. The Morgan fingerprint density at radius 3 is 2.35 bits per heavy atom. The Labute approximate surface area is 253 Å². The fraction of sp³-hybridized carbons (Fsp3) is 0.158. The van der Waals surface area contributed by atoms with Crippen molar-refractivity contribution in [1.29, 1.82) is 0 Å². The first-order valence-electron chi connectivity index (χ1n) is 15.1. The number of ether oxygens (including phenoxy) is 1. The maximum Gasteiger partial charge on any atom is 0.137 e. The number of rotatable bonds is 5. The summed E-state index contributed by atoms with van der Waals surface area (Å²) >= 11 is 0. The van der Waals surface area contributed by atoms with Crippen LogP contribution in [0.3, 0.4) is 0 Å². The van der Waals surface area contributed by atoms with E-state index < -0.39 is 0 Å². The predicted molar refractivity (Wildman–Crippen MR) is 176 cm³/mol. The van der Waals surface area contributed by atoms with Crippen molar-refractivity contribution in [2.24, 2.45) is 0 Å². The van der Waals surface area contributed by atoms with Crippen molar-refractivity contribution >= 4 is 21.8 Å². The number of aromatic nitrogens is 4. The van der Waals surface area contributed by atoms with Crippen molar-refractivity contribution in [2.75, 3.05) is 0 Å². The van der Waals surface area contributed by atoms with Gasteiger partial charge in [0.15, 0.2) is 0 Å². The van der Waals surface area contributed by atoms with E-state index >= 15 is 0 Å². The summed E-state index contributed by atoms with van der Waals surface area (Å²) in [6.45, 7) is 10.8. The van der Waals surface area contributed by atoms with Crippen LogP contribution in [0, 0.1) is 13.8 Å². The van der Waals surface area contributed by atoms with Crippen molar-refractivity contribution < 1.29 is 6.11 Å². The molecule has 3 aromatic heterocycles. The number of benzene rings is 4. The van der Waals surface area contributed by atoms with Gasteiger partial charge in [0, 0.05) is 40.4 Å². The van der Waals surface area contributed by atoms with Crippen LogP contribution < -0.4 is 4.74 Å². The highest BCUT2D eigenvalue weighted by Crippen LogP contribution is 2.36. The Kier molecular flexibility index (Phi) is 6.11. The summed E-state index contributed by atoms with van der Waals surface area (Å²) in [6, 6.07) is 35.0. The maximum atomic E-state index is 8.29. The predicted octanol–water partition coefficient (Wildman–Crippen LogP) is 9.74. The molecule has 7 rings (SSSR count). The molecule has 5 heteroatoms. The van der Waals surface area contributed by atoms with E-state index in [2.05, 4.69) is 93.8 Å². The number of aryl methyl sites for hydroxylation is 1. The zero-order valence-electron chi connectivity index (χ0n) is 26.1. The molecule has 0 bridgehead atoms. The molecule has 0 radical (unpaired) electrons. The summed E-state index contributed by atoms with van der Waals surface area (Å²) < 4.78 is 18.9. The van der Waals surface area contributed by atoms with Crippen LogP contribution >= 0.6 is 0 Å². The molecule has 0 atom stereocenters. The first kappa shape index (κ1) is 25.5. The minimum atomic E-state index is -0.0165. The van der Waals surface area contributed by atoms with Crippen LogP contribution in [0.5, 0.6) is 11.5 Å². The van der Waals surface area contributed by atoms with Gasteiger partial charge in [-0.05, 0) is 72.9 Å². The lowest BCUT2D eigenvalue weighted by Gasteiger charge is -2.20. The molecule has 0 saturated heterocycles. The van der Waals surface area contributed by atoms with Crippen molar-refractivity contribution in [1.82, 2.24) is 19.3 Å². The van der Waals surface area contributed by atoms with Gasteiger partial charge in [0.05, 0.1) is 23.8 Å². The van der Waals surface area contributed by atoms with E-state index in [-0.39, 0.29) is 5.41 Å². The molecule has 7 aromatic rings. The molecule has 43 heavy (non-hydrogen) atoms. The number of nitrogens with zero attached hydrogens (tertiary/aromatic N) is 4. The summed E-state index contributed by atoms with van der Waals surface area (Å²) in [7, 11) is 0. The highest BCUT2D eigenvalue weighted by atomic mass is 16.5. The minimum absolute atomic E-state index is 0.0165. The van der Waals surface area contributed by atoms with Crippen LogP contribution in [-0.2, 0) is 5.41 Å². The number of fused-ring (bicyclic) bond motifs is 3. The Morgan fingerprint density at radius 1 is 0.744 bits per heavy atom. The zero-order chi connectivity index (χ0) is 30.6. The zero-order valence-corrected chi connectivity index (χ0v) is 25.1. The SMILES string of the molecule is [2H]c1ccc2c(c1)c1ccc(Oc3cccc(-n4nc(C)c(-c5ccccc5)c4C)c3)cc1n2-c1cc(C(C)(C)C)ccn1. The van der Waals surface area contributed by atoms with Gasteiger partial charge in [0.1, 0.15) is 17.3 Å². The molecule has 0 N–H and O–H groups in total. The fourth-order valence-electron chi connectivity index (χ4n) is 5.94. The van der Waals surface area contributed by atoms with Crippen LogP contribution in [0.15, 0.2) is 115 Å². The molecule has 3 heterocycles. The molecule has 0 aliphatic rings. The van der Waals surface area contributed by atoms with Gasteiger partial charge in [-0.2, -0.15) is 5.10 Å². The molecule has 0 fully saturated rings. The van der Waals surface area contributed by atoms with Gasteiger partial charge in [-0.3, -0.25) is 4.57 Å². The average Bonchev–Trinajstić information content (AvgIpc) is 3.49. The number of hydrogen-bond acceptors (Lipinski definition) is 3. The standard InChI is InChI=1S/C38H34N4O/c1-25-37(27-12-7-6-8-13-27)26(2)42(40-25)29-14-11-15-30(23-29)43-31-18-19-33-32-16-9-10-17-34(32)41(35(33)24-31)36-22-28(20-21-39-36)38(3,4)5/h6-24H,1-5H3/i9D. The van der Waals surface area contributed by atoms with Crippen molar-refractivity contribution in [2.45, 2.75) is 40.0 Å². The topological polar surface area (TPSA) is 44.9 Å². The summed E-state index contributed by atoms with van der Waals surface area (Å²) in [6.07, 6.45) is 1.88. The summed E-state index contributed by atoms with van der Waals surface area (Å²) in [4.78, 5) is 4.78. The molecule has 0 amide bonds. The monoisotopic (exact) mass is 563 g/mol. The van der Waals surface area contributed by atoms with Crippen LogP contribution in [0.2, 0.25) is 0 Å². The van der Waals surface area contributed by atoms with Crippen LogP contribution in [-0.4, -0.2) is 19.3 Å². The molecule has 4 aromatic carbocycles. The Morgan fingerprint density at radius 2 is 1.53 bits per heavy atom. The molecule has 5 nitrogen and oxygen atoms in total. The van der Waals surface area contributed by atoms with E-state index in [0.29, 0.717) is 6.04 Å². The lowest BCUT2D eigenvalue weighted by Crippen LogP contribution is -2.12. The van der Waals surface area contributed by atoms with Gasteiger partial charge in [0.2, 0.25) is 0 Å². The first-order valence-corrected chi connectivity index (χ1v) is 14.6. The van der Waals surface area contributed by atoms with Crippen molar-refractivity contribution in [3.63, 3.8) is 0 Å². The largest absolute Gasteiger partial charge is 0.457 e. The molecule has 0 spiro atoms. The fourth-order valence-corrected chi connectivity index (χ4v) is 5.94. The van der Waals surface area contributed by atoms with Gasteiger partial charge in [-0.15, -0.1) is 0 Å². The minimum Gasteiger partial charge on any atom is -0.457 e. The van der Waals surface area contributed by atoms with Crippen molar-refractivity contribution in [3.05, 3.63) is 132 Å². The van der Waals surface area contributed by atoms with Gasteiger partial charge in [-0.1, -0.05) is 75.3 Å². The van der Waals surface area contributed by atoms with E-state index in [1.807, 2.05) is 59.4 Å².